The molecule has 0 saturated heterocycles. The summed E-state index contributed by atoms with van der Waals surface area (Å²) < 4.78 is 39.3. The van der Waals surface area contributed by atoms with E-state index in [0.717, 1.165) is 17.2 Å². The molecule has 3 nitrogen and oxygen atoms in total. The van der Waals surface area contributed by atoms with Crippen LogP contribution in [0.5, 0.6) is 0 Å². The molecule has 3 aromatic rings. The number of hydrogen-bond donors (Lipinski definition) is 1. The minimum Gasteiger partial charge on any atom is -0.392 e. The molecule has 2 aromatic carbocycles. The van der Waals surface area contributed by atoms with Gasteiger partial charge in [0, 0.05) is 25.2 Å². The van der Waals surface area contributed by atoms with E-state index in [1.165, 1.54) is 18.2 Å². The van der Waals surface area contributed by atoms with Crippen molar-refractivity contribution in [3.8, 4) is 11.1 Å². The van der Waals surface area contributed by atoms with Gasteiger partial charge in [-0.1, -0.05) is 36.4 Å². The summed E-state index contributed by atoms with van der Waals surface area (Å²) in [5, 5.41) is 9.67. The number of benzene rings is 2. The zero-order valence-corrected chi connectivity index (χ0v) is 14.9. The highest BCUT2D eigenvalue weighted by atomic mass is 19.4. The number of Topliss-reactive ketones (excluding diaryl/α,β-unsaturated/α-hetero) is 1. The third-order valence-corrected chi connectivity index (χ3v) is 4.44. The molecule has 0 aliphatic heterocycles. The number of alkyl halides is 3. The second kappa shape index (κ2) is 8.35. The number of carbonyl (C=O) groups is 1. The van der Waals surface area contributed by atoms with Crippen LogP contribution in [0.15, 0.2) is 67.0 Å². The van der Waals surface area contributed by atoms with Crippen molar-refractivity contribution in [2.24, 2.45) is 0 Å². The molecule has 3 rings (SSSR count). The van der Waals surface area contributed by atoms with E-state index >= 15 is 0 Å². The molecule has 28 heavy (non-hydrogen) atoms. The molecule has 0 aliphatic rings. The highest BCUT2D eigenvalue weighted by Crippen LogP contribution is 2.32. The van der Waals surface area contributed by atoms with E-state index in [-0.39, 0.29) is 30.8 Å². The van der Waals surface area contributed by atoms with Crippen molar-refractivity contribution < 1.29 is 23.1 Å². The number of nitrogens with zero attached hydrogens (tertiary/aromatic N) is 1. The lowest BCUT2D eigenvalue weighted by atomic mass is 9.95. The van der Waals surface area contributed by atoms with Crippen LogP contribution in [-0.2, 0) is 30.4 Å². The number of carbonyl (C=O) groups excluding carboxylic acids is 1. The Kier molecular flexibility index (Phi) is 5.90. The molecule has 0 spiro atoms. The molecule has 144 valence electrons. The van der Waals surface area contributed by atoms with Crippen LogP contribution in [0.1, 0.15) is 22.3 Å². The molecule has 0 unspecified atom stereocenters. The minimum atomic E-state index is -4.49. The van der Waals surface area contributed by atoms with Gasteiger partial charge in [0.15, 0.2) is 0 Å². The van der Waals surface area contributed by atoms with Crippen molar-refractivity contribution in [1.29, 1.82) is 0 Å². The number of rotatable bonds is 6. The average Bonchev–Trinajstić information content (AvgIpc) is 2.68. The first kappa shape index (κ1) is 19.8. The summed E-state index contributed by atoms with van der Waals surface area (Å²) in [7, 11) is 0. The van der Waals surface area contributed by atoms with Crippen LogP contribution < -0.4 is 0 Å². The van der Waals surface area contributed by atoms with E-state index in [1.54, 1.807) is 30.6 Å². The summed E-state index contributed by atoms with van der Waals surface area (Å²) >= 11 is 0. The Balaban J connectivity index is 1.79. The lowest BCUT2D eigenvalue weighted by Gasteiger charge is -2.13. The van der Waals surface area contributed by atoms with Crippen LogP contribution in [0, 0.1) is 0 Å². The van der Waals surface area contributed by atoms with Crippen LogP contribution >= 0.6 is 0 Å². The zero-order valence-electron chi connectivity index (χ0n) is 14.9. The molecule has 1 heterocycles. The Bertz CT molecular complexity index is 969. The molecule has 0 radical (unpaired) electrons. The molecule has 0 amide bonds. The van der Waals surface area contributed by atoms with E-state index in [4.69, 9.17) is 0 Å². The van der Waals surface area contributed by atoms with Gasteiger partial charge in [-0.3, -0.25) is 9.78 Å². The maximum atomic E-state index is 13.1. The van der Waals surface area contributed by atoms with Crippen LogP contribution in [0.25, 0.3) is 11.1 Å². The monoisotopic (exact) mass is 385 g/mol. The number of ketones is 1. The standard InChI is InChI=1S/C22H18F3NO2/c23-22(24,25)21-4-2-1-3-17(21)13-19(28)12-15-5-6-20(18(11-15)14-27)16-7-9-26-10-8-16/h1-11,27H,12-14H2. The molecule has 6 heteroatoms. The molecule has 0 fully saturated rings. The molecule has 1 aromatic heterocycles. The van der Waals surface area contributed by atoms with Gasteiger partial charge >= 0.3 is 6.18 Å². The number of pyridine rings is 1. The summed E-state index contributed by atoms with van der Waals surface area (Å²) in [6.07, 6.45) is -1.50. The molecule has 0 aliphatic carbocycles. The van der Waals surface area contributed by atoms with Crippen LogP contribution in [0.3, 0.4) is 0 Å². The van der Waals surface area contributed by atoms with Crippen LogP contribution in [0.2, 0.25) is 0 Å². The lowest BCUT2D eigenvalue weighted by molar-refractivity contribution is -0.138. The first-order valence-electron chi connectivity index (χ1n) is 8.68. The van der Waals surface area contributed by atoms with Gasteiger partial charge in [-0.25, -0.2) is 0 Å². The number of aliphatic hydroxyl groups is 1. The van der Waals surface area contributed by atoms with Crippen molar-refractivity contribution in [3.63, 3.8) is 0 Å². The van der Waals surface area contributed by atoms with Gasteiger partial charge in [-0.15, -0.1) is 0 Å². The molecule has 0 bridgehead atoms. The summed E-state index contributed by atoms with van der Waals surface area (Å²) in [5.41, 5.74) is 2.19. The maximum absolute atomic E-state index is 13.1. The van der Waals surface area contributed by atoms with E-state index in [1.807, 2.05) is 12.1 Å². The van der Waals surface area contributed by atoms with E-state index in [2.05, 4.69) is 4.98 Å². The highest BCUT2D eigenvalue weighted by Gasteiger charge is 2.33. The Labute approximate surface area is 160 Å². The van der Waals surface area contributed by atoms with Gasteiger partial charge in [0.1, 0.15) is 5.78 Å². The summed E-state index contributed by atoms with van der Waals surface area (Å²) in [4.78, 5) is 16.3. The summed E-state index contributed by atoms with van der Waals surface area (Å²) in [6, 6.07) is 14.0. The Morgan fingerprint density at radius 3 is 2.32 bits per heavy atom. The van der Waals surface area contributed by atoms with Crippen molar-refractivity contribution >= 4 is 5.78 Å². The summed E-state index contributed by atoms with van der Waals surface area (Å²) in [5.74, 6) is -0.322. The number of aromatic nitrogens is 1. The molecular formula is C22H18F3NO2. The lowest BCUT2D eigenvalue weighted by Crippen LogP contribution is -2.13. The largest absolute Gasteiger partial charge is 0.416 e. The van der Waals surface area contributed by atoms with Crippen molar-refractivity contribution in [2.75, 3.05) is 0 Å². The molecule has 1 N–H and O–H groups in total. The molecular weight excluding hydrogens is 367 g/mol. The second-order valence-electron chi connectivity index (χ2n) is 6.43. The van der Waals surface area contributed by atoms with Crippen molar-refractivity contribution in [3.05, 3.63) is 89.2 Å². The van der Waals surface area contributed by atoms with Gasteiger partial charge in [0.25, 0.3) is 0 Å². The minimum absolute atomic E-state index is 0.00415. The topological polar surface area (TPSA) is 50.2 Å². The Morgan fingerprint density at radius 2 is 1.64 bits per heavy atom. The van der Waals surface area contributed by atoms with Gasteiger partial charge in [-0.05, 0) is 46.0 Å². The van der Waals surface area contributed by atoms with E-state index < -0.39 is 11.7 Å². The SMILES string of the molecule is O=C(Cc1ccc(-c2ccncc2)c(CO)c1)Cc1ccccc1C(F)(F)F. The smallest absolute Gasteiger partial charge is 0.392 e. The number of halogens is 3. The Morgan fingerprint density at radius 1 is 0.929 bits per heavy atom. The first-order valence-corrected chi connectivity index (χ1v) is 8.68. The highest BCUT2D eigenvalue weighted by molar-refractivity contribution is 5.83. The van der Waals surface area contributed by atoms with E-state index in [0.29, 0.717) is 11.1 Å². The number of hydrogen-bond acceptors (Lipinski definition) is 3. The fourth-order valence-corrected chi connectivity index (χ4v) is 3.15. The fraction of sp³-hybridized carbons (Fsp3) is 0.182. The third-order valence-electron chi connectivity index (χ3n) is 4.44. The fourth-order valence-electron chi connectivity index (χ4n) is 3.15. The van der Waals surface area contributed by atoms with Crippen molar-refractivity contribution in [2.45, 2.75) is 25.6 Å². The van der Waals surface area contributed by atoms with Gasteiger partial charge < -0.3 is 5.11 Å². The summed E-state index contributed by atoms with van der Waals surface area (Å²) in [6.45, 7) is -0.212. The van der Waals surface area contributed by atoms with Crippen LogP contribution in [0.4, 0.5) is 13.2 Å². The van der Waals surface area contributed by atoms with Gasteiger partial charge in [0.2, 0.25) is 0 Å². The first-order chi connectivity index (χ1) is 13.4. The Hall–Kier alpha value is -2.99. The molecule has 0 atom stereocenters. The molecule has 0 saturated carbocycles. The van der Waals surface area contributed by atoms with Crippen molar-refractivity contribution in [1.82, 2.24) is 4.98 Å². The quantitative estimate of drug-likeness (QED) is 0.674. The predicted octanol–water partition coefficient (Wildman–Crippen LogP) is 4.61. The van der Waals surface area contributed by atoms with E-state index in [9.17, 15) is 23.1 Å². The second-order valence-corrected chi connectivity index (χ2v) is 6.43. The zero-order chi connectivity index (χ0) is 20.1. The number of aliphatic hydroxyl groups excluding tert-OH is 1. The average molecular weight is 385 g/mol. The normalized spacial score (nSPS) is 11.4. The van der Waals surface area contributed by atoms with Gasteiger partial charge in [0.05, 0.1) is 12.2 Å². The third kappa shape index (κ3) is 4.64. The maximum Gasteiger partial charge on any atom is 0.416 e. The van der Waals surface area contributed by atoms with Gasteiger partial charge in [-0.2, -0.15) is 13.2 Å². The predicted molar refractivity (Wildman–Crippen MR) is 99.5 cm³/mol. The van der Waals surface area contributed by atoms with Crippen LogP contribution in [-0.4, -0.2) is 15.9 Å².